The number of benzene rings is 6. The Morgan fingerprint density at radius 1 is 0.510 bits per heavy atom. The van der Waals surface area contributed by atoms with Crippen LogP contribution in [0.2, 0.25) is 0 Å². The van der Waals surface area contributed by atoms with E-state index in [0.717, 1.165) is 29.2 Å². The number of rotatable bonds is 10. The van der Waals surface area contributed by atoms with E-state index < -0.39 is 0 Å². The van der Waals surface area contributed by atoms with Gasteiger partial charge in [-0.3, -0.25) is 4.57 Å². The van der Waals surface area contributed by atoms with Crippen LogP contribution in [-0.2, 0) is 5.41 Å². The molecule has 0 spiro atoms. The van der Waals surface area contributed by atoms with E-state index in [1.165, 1.54) is 62.9 Å². The van der Waals surface area contributed by atoms with Crippen LogP contribution in [0, 0.1) is 6.92 Å². The topological polar surface area (TPSA) is 17.8 Å². The van der Waals surface area contributed by atoms with Crippen molar-refractivity contribution in [3.05, 3.63) is 169 Å². The fraction of sp³-hybridized carbons (Fsp3) is 0.170. The molecule has 0 N–H and O–H groups in total. The van der Waals surface area contributed by atoms with Gasteiger partial charge in [0.05, 0.1) is 11.4 Å². The van der Waals surface area contributed by atoms with Gasteiger partial charge in [0.15, 0.2) is 0 Å². The number of aryl methyl sites for hydroxylation is 1. The first-order valence-electron chi connectivity index (χ1n) is 17.5. The van der Waals surface area contributed by atoms with Crippen LogP contribution in [0.5, 0.6) is 0 Å². The van der Waals surface area contributed by atoms with Crippen molar-refractivity contribution >= 4 is 0 Å². The van der Waals surface area contributed by atoms with Gasteiger partial charge in [0.2, 0.25) is 0 Å². The Balaban J connectivity index is 1.39. The lowest BCUT2D eigenvalue weighted by Gasteiger charge is -2.21. The Morgan fingerprint density at radius 3 is 1.55 bits per heavy atom. The summed E-state index contributed by atoms with van der Waals surface area (Å²) in [4.78, 5) is 5.45. The number of aromatic nitrogens is 2. The highest BCUT2D eigenvalue weighted by Crippen LogP contribution is 2.37. The molecule has 0 saturated carbocycles. The number of imidazole rings is 1. The van der Waals surface area contributed by atoms with Crippen LogP contribution in [0.15, 0.2) is 158 Å². The van der Waals surface area contributed by atoms with E-state index >= 15 is 0 Å². The molecule has 0 unspecified atom stereocenters. The van der Waals surface area contributed by atoms with Crippen LogP contribution < -0.4 is 0 Å². The van der Waals surface area contributed by atoms with E-state index in [1.807, 2.05) is 0 Å². The third-order valence-electron chi connectivity index (χ3n) is 9.73. The SMILES string of the molecule is CCCCC(C)(C)c1cn(-c2cc(-c3ccccc3)ccc2C)c(-c2cccc(-c3cc(-c4ccccc4)cc(-c4ccccc4)c3)c2)n1. The Hall–Kier alpha value is -5.47. The van der Waals surface area contributed by atoms with Crippen LogP contribution in [0.1, 0.15) is 51.3 Å². The first-order valence-corrected chi connectivity index (χ1v) is 17.5. The molecule has 0 saturated heterocycles. The predicted octanol–water partition coefficient (Wildman–Crippen LogP) is 13.0. The molecule has 0 aliphatic carbocycles. The zero-order valence-electron chi connectivity index (χ0n) is 29.0. The molecule has 0 aliphatic rings. The zero-order chi connectivity index (χ0) is 33.8. The van der Waals surface area contributed by atoms with E-state index in [9.17, 15) is 0 Å². The van der Waals surface area contributed by atoms with Crippen molar-refractivity contribution in [2.24, 2.45) is 0 Å². The molecule has 6 aromatic carbocycles. The molecule has 0 amide bonds. The van der Waals surface area contributed by atoms with E-state index in [-0.39, 0.29) is 5.41 Å². The van der Waals surface area contributed by atoms with Crippen LogP contribution in [0.25, 0.3) is 61.6 Å². The quantitative estimate of drug-likeness (QED) is 0.146. The smallest absolute Gasteiger partial charge is 0.144 e. The minimum Gasteiger partial charge on any atom is -0.299 e. The molecule has 1 heterocycles. The highest BCUT2D eigenvalue weighted by molar-refractivity contribution is 5.82. The summed E-state index contributed by atoms with van der Waals surface area (Å²) in [6, 6.07) is 54.6. The van der Waals surface area contributed by atoms with Gasteiger partial charge in [-0.25, -0.2) is 4.98 Å². The van der Waals surface area contributed by atoms with Gasteiger partial charge in [-0.15, -0.1) is 0 Å². The first kappa shape index (κ1) is 32.1. The summed E-state index contributed by atoms with van der Waals surface area (Å²) < 4.78 is 2.33. The Bertz CT molecular complexity index is 2120. The van der Waals surface area contributed by atoms with Gasteiger partial charge in [-0.05, 0) is 93.7 Å². The minimum atomic E-state index is -0.0484. The third-order valence-corrected chi connectivity index (χ3v) is 9.73. The molecule has 0 bridgehead atoms. The lowest BCUT2D eigenvalue weighted by atomic mass is 9.84. The zero-order valence-corrected chi connectivity index (χ0v) is 29.0. The second-order valence-corrected chi connectivity index (χ2v) is 13.8. The summed E-state index contributed by atoms with van der Waals surface area (Å²) >= 11 is 0. The van der Waals surface area contributed by atoms with Gasteiger partial charge in [0.1, 0.15) is 5.82 Å². The molecule has 1 aromatic heterocycles. The largest absolute Gasteiger partial charge is 0.299 e. The maximum atomic E-state index is 5.45. The molecule has 242 valence electrons. The number of unbranched alkanes of at least 4 members (excludes halogenated alkanes) is 1. The maximum absolute atomic E-state index is 5.45. The standard InChI is InChI=1S/C47H44N2/c1-5-6-27-47(3,4)45-33-49(44-32-39(26-25-34(44)2)35-17-10-7-11-18-35)46(48-45)40-24-16-23-38(28-40)43-30-41(36-19-12-8-13-20-36)29-42(31-43)37-21-14-9-15-22-37/h7-26,28-33H,5-6,27H2,1-4H3. The van der Waals surface area contributed by atoms with Crippen LogP contribution in [0.4, 0.5) is 0 Å². The Labute approximate surface area is 291 Å². The predicted molar refractivity (Wildman–Crippen MR) is 208 cm³/mol. The maximum Gasteiger partial charge on any atom is 0.144 e. The summed E-state index contributed by atoms with van der Waals surface area (Å²) in [5.41, 5.74) is 14.2. The average Bonchev–Trinajstić information content (AvgIpc) is 3.62. The molecule has 0 fully saturated rings. The Morgan fingerprint density at radius 2 is 0.980 bits per heavy atom. The molecule has 49 heavy (non-hydrogen) atoms. The van der Waals surface area contributed by atoms with Crippen molar-refractivity contribution in [1.82, 2.24) is 9.55 Å². The van der Waals surface area contributed by atoms with Gasteiger partial charge in [-0.1, -0.05) is 155 Å². The minimum absolute atomic E-state index is 0.0484. The lowest BCUT2D eigenvalue weighted by molar-refractivity contribution is 0.447. The fourth-order valence-electron chi connectivity index (χ4n) is 6.75. The van der Waals surface area contributed by atoms with Gasteiger partial charge < -0.3 is 0 Å². The highest BCUT2D eigenvalue weighted by atomic mass is 15.1. The molecule has 2 nitrogen and oxygen atoms in total. The van der Waals surface area contributed by atoms with Crippen LogP contribution >= 0.6 is 0 Å². The Kier molecular flexibility index (Phi) is 9.13. The molecule has 0 atom stereocenters. The molecular formula is C47H44N2. The summed E-state index contributed by atoms with van der Waals surface area (Å²) in [7, 11) is 0. The van der Waals surface area contributed by atoms with Crippen molar-refractivity contribution < 1.29 is 0 Å². The monoisotopic (exact) mass is 636 g/mol. The van der Waals surface area contributed by atoms with E-state index in [1.54, 1.807) is 0 Å². The molecule has 0 aliphatic heterocycles. The lowest BCUT2D eigenvalue weighted by Crippen LogP contribution is -2.17. The first-order chi connectivity index (χ1) is 23.9. The van der Waals surface area contributed by atoms with Gasteiger partial charge >= 0.3 is 0 Å². The highest BCUT2D eigenvalue weighted by Gasteiger charge is 2.26. The number of hydrogen-bond donors (Lipinski definition) is 0. The number of nitrogens with zero attached hydrogens (tertiary/aromatic N) is 2. The second-order valence-electron chi connectivity index (χ2n) is 13.8. The van der Waals surface area contributed by atoms with Crippen molar-refractivity contribution in [3.8, 4) is 61.6 Å². The number of hydrogen-bond acceptors (Lipinski definition) is 1. The van der Waals surface area contributed by atoms with E-state index in [0.29, 0.717) is 0 Å². The molecule has 7 aromatic rings. The van der Waals surface area contributed by atoms with Gasteiger partial charge in [0, 0.05) is 17.2 Å². The van der Waals surface area contributed by atoms with E-state index in [2.05, 4.69) is 190 Å². The van der Waals surface area contributed by atoms with Crippen molar-refractivity contribution in [2.45, 2.75) is 52.4 Å². The molecular weight excluding hydrogens is 593 g/mol. The normalized spacial score (nSPS) is 11.5. The fourth-order valence-corrected chi connectivity index (χ4v) is 6.75. The van der Waals surface area contributed by atoms with Gasteiger partial charge in [-0.2, -0.15) is 0 Å². The molecule has 7 rings (SSSR count). The molecule has 0 radical (unpaired) electrons. The van der Waals surface area contributed by atoms with Gasteiger partial charge in [0.25, 0.3) is 0 Å². The average molecular weight is 637 g/mol. The van der Waals surface area contributed by atoms with E-state index in [4.69, 9.17) is 4.98 Å². The van der Waals surface area contributed by atoms with Crippen LogP contribution in [-0.4, -0.2) is 9.55 Å². The summed E-state index contributed by atoms with van der Waals surface area (Å²) in [6.07, 6.45) is 5.73. The van der Waals surface area contributed by atoms with Crippen molar-refractivity contribution in [1.29, 1.82) is 0 Å². The second kappa shape index (κ2) is 13.9. The van der Waals surface area contributed by atoms with Crippen molar-refractivity contribution in [3.63, 3.8) is 0 Å². The molecule has 2 heteroatoms. The third kappa shape index (κ3) is 6.91. The summed E-state index contributed by atoms with van der Waals surface area (Å²) in [6.45, 7) is 9.14. The van der Waals surface area contributed by atoms with Crippen molar-refractivity contribution in [2.75, 3.05) is 0 Å². The summed E-state index contributed by atoms with van der Waals surface area (Å²) in [5, 5.41) is 0. The summed E-state index contributed by atoms with van der Waals surface area (Å²) in [5.74, 6) is 0.970. The van der Waals surface area contributed by atoms with Crippen LogP contribution in [0.3, 0.4) is 0 Å².